The number of carbonyl (C=O) groups is 1. The third-order valence-corrected chi connectivity index (χ3v) is 2.77. The van der Waals surface area contributed by atoms with Crippen LogP contribution in [0.5, 0.6) is 0 Å². The minimum absolute atomic E-state index is 0.232. The second kappa shape index (κ2) is 5.64. The molecule has 1 amide bonds. The van der Waals surface area contributed by atoms with Gasteiger partial charge in [-0.05, 0) is 41.1 Å². The highest BCUT2D eigenvalue weighted by Crippen LogP contribution is 2.10. The van der Waals surface area contributed by atoms with Crippen LogP contribution in [0.25, 0.3) is 0 Å². The molecule has 0 atom stereocenters. The number of nitrogens with zero attached hydrogens (tertiary/aromatic N) is 1. The van der Waals surface area contributed by atoms with E-state index in [0.29, 0.717) is 5.56 Å². The summed E-state index contributed by atoms with van der Waals surface area (Å²) in [4.78, 5) is 15.7. The van der Waals surface area contributed by atoms with Crippen LogP contribution in [0.4, 0.5) is 5.69 Å². The molecule has 5 heteroatoms. The van der Waals surface area contributed by atoms with Gasteiger partial charge in [-0.1, -0.05) is 17.7 Å². The maximum Gasteiger partial charge on any atom is 0.271 e. The molecular formula is C13H12BrN3O. The van der Waals surface area contributed by atoms with E-state index < -0.39 is 0 Å². The van der Waals surface area contributed by atoms with Crippen LogP contribution in [-0.4, -0.2) is 10.9 Å². The molecule has 0 aliphatic carbocycles. The molecule has 0 unspecified atom stereocenters. The molecule has 4 nitrogen and oxygen atoms in total. The topological polar surface area (TPSA) is 54.0 Å². The number of aromatic nitrogens is 1. The second-order valence-electron chi connectivity index (χ2n) is 3.84. The highest BCUT2D eigenvalue weighted by molar-refractivity contribution is 9.10. The average molecular weight is 306 g/mol. The molecule has 1 aromatic heterocycles. The minimum Gasteiger partial charge on any atom is -0.298 e. The van der Waals surface area contributed by atoms with Crippen LogP contribution in [0.3, 0.4) is 0 Å². The molecule has 18 heavy (non-hydrogen) atoms. The summed E-state index contributed by atoms with van der Waals surface area (Å²) in [6.45, 7) is 2.01. The fourth-order valence-corrected chi connectivity index (χ4v) is 1.74. The Bertz CT molecular complexity index is 554. The fraction of sp³-hybridized carbons (Fsp3) is 0.0769. The number of hydrogen-bond donors (Lipinski definition) is 2. The number of halogens is 1. The molecule has 2 rings (SSSR count). The Hall–Kier alpha value is -1.88. The van der Waals surface area contributed by atoms with Gasteiger partial charge in [0.1, 0.15) is 0 Å². The Morgan fingerprint density at radius 2 is 1.94 bits per heavy atom. The molecule has 2 aromatic rings. The summed E-state index contributed by atoms with van der Waals surface area (Å²) in [5, 5.41) is 0. The fourth-order valence-electron chi connectivity index (χ4n) is 1.37. The Labute approximate surface area is 114 Å². The lowest BCUT2D eigenvalue weighted by Gasteiger charge is -2.08. The number of hydrogen-bond acceptors (Lipinski definition) is 3. The summed E-state index contributed by atoms with van der Waals surface area (Å²) in [6.07, 6.45) is 3.14. The third-order valence-electron chi connectivity index (χ3n) is 2.34. The van der Waals surface area contributed by atoms with Crippen LogP contribution in [0.2, 0.25) is 0 Å². The summed E-state index contributed by atoms with van der Waals surface area (Å²) >= 11 is 3.27. The van der Waals surface area contributed by atoms with Gasteiger partial charge in [0, 0.05) is 16.9 Å². The predicted molar refractivity (Wildman–Crippen MR) is 74.2 cm³/mol. The van der Waals surface area contributed by atoms with Crippen molar-refractivity contribution < 1.29 is 4.79 Å². The van der Waals surface area contributed by atoms with Gasteiger partial charge in [-0.15, -0.1) is 0 Å². The van der Waals surface area contributed by atoms with Gasteiger partial charge in [0.2, 0.25) is 0 Å². The molecule has 2 N–H and O–H groups in total. The number of nitrogens with one attached hydrogen (secondary N) is 2. The first kappa shape index (κ1) is 12.6. The summed E-state index contributed by atoms with van der Waals surface area (Å²) in [6, 6.07) is 9.44. The first-order chi connectivity index (χ1) is 8.65. The zero-order valence-corrected chi connectivity index (χ0v) is 11.4. The van der Waals surface area contributed by atoms with Crippen molar-refractivity contribution in [3.8, 4) is 0 Å². The van der Waals surface area contributed by atoms with Gasteiger partial charge in [-0.2, -0.15) is 0 Å². The van der Waals surface area contributed by atoms with Gasteiger partial charge in [0.25, 0.3) is 5.91 Å². The summed E-state index contributed by atoms with van der Waals surface area (Å²) < 4.78 is 0.769. The number of amides is 1. The van der Waals surface area contributed by atoms with Crippen molar-refractivity contribution in [3.63, 3.8) is 0 Å². The molecule has 0 saturated heterocycles. The summed E-state index contributed by atoms with van der Waals surface area (Å²) in [5.41, 5.74) is 7.95. The summed E-state index contributed by atoms with van der Waals surface area (Å²) in [5.74, 6) is -0.232. The first-order valence-corrected chi connectivity index (χ1v) is 6.18. The van der Waals surface area contributed by atoms with Crippen LogP contribution < -0.4 is 10.9 Å². The van der Waals surface area contributed by atoms with Crippen molar-refractivity contribution >= 4 is 27.5 Å². The van der Waals surface area contributed by atoms with E-state index in [1.54, 1.807) is 12.3 Å². The first-order valence-electron chi connectivity index (χ1n) is 5.39. The van der Waals surface area contributed by atoms with E-state index in [1.807, 2.05) is 31.2 Å². The normalized spacial score (nSPS) is 9.89. The largest absolute Gasteiger partial charge is 0.298 e. The van der Waals surface area contributed by atoms with Gasteiger partial charge >= 0.3 is 0 Å². The molecule has 0 radical (unpaired) electrons. The van der Waals surface area contributed by atoms with E-state index in [2.05, 4.69) is 31.8 Å². The number of pyridine rings is 1. The molecule has 1 aromatic carbocycles. The van der Waals surface area contributed by atoms with E-state index in [4.69, 9.17) is 0 Å². The van der Waals surface area contributed by atoms with Crippen LogP contribution in [-0.2, 0) is 0 Å². The highest BCUT2D eigenvalue weighted by Gasteiger charge is 2.05. The molecule has 0 bridgehead atoms. The Kier molecular flexibility index (Phi) is 3.94. The zero-order valence-electron chi connectivity index (χ0n) is 9.77. The van der Waals surface area contributed by atoms with Gasteiger partial charge in [0.15, 0.2) is 0 Å². The monoisotopic (exact) mass is 305 g/mol. The number of aryl methyl sites for hydroxylation is 1. The average Bonchev–Trinajstić information content (AvgIpc) is 2.38. The van der Waals surface area contributed by atoms with E-state index >= 15 is 0 Å². The van der Waals surface area contributed by atoms with Crippen molar-refractivity contribution in [2.45, 2.75) is 6.92 Å². The molecule has 0 aliphatic rings. The molecule has 92 valence electrons. The maximum absolute atomic E-state index is 11.8. The Balaban J connectivity index is 1.98. The highest BCUT2D eigenvalue weighted by atomic mass is 79.9. The standard InChI is InChI=1S/C13H12BrN3O/c1-9-2-4-12(5-3-9)16-17-13(18)10-6-11(14)8-15-7-10/h2-8,16H,1H3,(H,17,18). The van der Waals surface area contributed by atoms with Gasteiger partial charge < -0.3 is 0 Å². The van der Waals surface area contributed by atoms with E-state index in [1.165, 1.54) is 11.8 Å². The third kappa shape index (κ3) is 3.30. The number of hydrazine groups is 1. The number of carbonyl (C=O) groups excluding carboxylic acids is 1. The van der Waals surface area contributed by atoms with Crippen molar-refractivity contribution in [1.29, 1.82) is 0 Å². The SMILES string of the molecule is Cc1ccc(NNC(=O)c2cncc(Br)c2)cc1. The van der Waals surface area contributed by atoms with E-state index in [0.717, 1.165) is 10.2 Å². The van der Waals surface area contributed by atoms with E-state index in [9.17, 15) is 4.79 Å². The molecule has 0 fully saturated rings. The quantitative estimate of drug-likeness (QED) is 0.857. The number of anilines is 1. The van der Waals surface area contributed by atoms with Gasteiger partial charge in [0.05, 0.1) is 11.3 Å². The molecule has 0 aliphatic heterocycles. The lowest BCUT2D eigenvalue weighted by molar-refractivity contribution is 0.0962. The number of benzene rings is 1. The predicted octanol–water partition coefficient (Wildman–Crippen LogP) is 2.91. The van der Waals surface area contributed by atoms with Gasteiger partial charge in [-0.3, -0.25) is 20.6 Å². The van der Waals surface area contributed by atoms with E-state index in [-0.39, 0.29) is 5.91 Å². The molecule has 0 saturated carbocycles. The number of rotatable bonds is 3. The molecule has 0 spiro atoms. The molecular weight excluding hydrogens is 294 g/mol. The van der Waals surface area contributed by atoms with Crippen LogP contribution in [0.1, 0.15) is 15.9 Å². The molecule has 1 heterocycles. The van der Waals surface area contributed by atoms with Crippen LogP contribution >= 0.6 is 15.9 Å². The smallest absolute Gasteiger partial charge is 0.271 e. The van der Waals surface area contributed by atoms with Crippen LogP contribution in [0, 0.1) is 6.92 Å². The lowest BCUT2D eigenvalue weighted by atomic mass is 10.2. The van der Waals surface area contributed by atoms with Crippen LogP contribution in [0.15, 0.2) is 47.2 Å². The second-order valence-corrected chi connectivity index (χ2v) is 4.75. The van der Waals surface area contributed by atoms with Crippen molar-refractivity contribution in [1.82, 2.24) is 10.4 Å². The summed E-state index contributed by atoms with van der Waals surface area (Å²) in [7, 11) is 0. The Morgan fingerprint density at radius 3 is 2.61 bits per heavy atom. The van der Waals surface area contributed by atoms with Crippen molar-refractivity contribution in [2.75, 3.05) is 5.43 Å². The zero-order chi connectivity index (χ0) is 13.0. The van der Waals surface area contributed by atoms with Crippen molar-refractivity contribution in [2.24, 2.45) is 0 Å². The lowest BCUT2D eigenvalue weighted by Crippen LogP contribution is -2.29. The van der Waals surface area contributed by atoms with Gasteiger partial charge in [-0.25, -0.2) is 0 Å². The Morgan fingerprint density at radius 1 is 1.22 bits per heavy atom. The maximum atomic E-state index is 11.8. The minimum atomic E-state index is -0.232. The van der Waals surface area contributed by atoms with Crippen molar-refractivity contribution in [3.05, 3.63) is 58.3 Å².